The molecule has 11 heteroatoms. The third kappa shape index (κ3) is 5.39. The summed E-state index contributed by atoms with van der Waals surface area (Å²) in [6.45, 7) is 9.83. The second-order valence-corrected chi connectivity index (χ2v) is 12.3. The molecule has 0 spiro atoms. The zero-order valence-electron chi connectivity index (χ0n) is 20.3. The van der Waals surface area contributed by atoms with Crippen LogP contribution in [0.3, 0.4) is 0 Å². The number of benzene rings is 1. The summed E-state index contributed by atoms with van der Waals surface area (Å²) in [5.74, 6) is 0.471. The number of rotatable bonds is 11. The summed E-state index contributed by atoms with van der Waals surface area (Å²) in [4.78, 5) is 22.7. The molecule has 3 heterocycles. The molecule has 35 heavy (non-hydrogen) atoms. The first-order valence-corrected chi connectivity index (χ1v) is 15.2. The largest absolute Gasteiger partial charge is 0.492 e. The molecule has 0 N–H and O–H groups in total. The number of para-hydroxylation sites is 1. The molecule has 0 bridgehead atoms. The first-order valence-electron chi connectivity index (χ1n) is 12.0. The van der Waals surface area contributed by atoms with Gasteiger partial charge in [0, 0.05) is 19.6 Å². The Hall–Kier alpha value is -2.05. The summed E-state index contributed by atoms with van der Waals surface area (Å²) < 4.78 is 35.0. The molecule has 2 aromatic heterocycles. The standard InChI is InChI=1S/C24H32N4O4S3/c1-4-26(5-2)15-16-27(24-25-22-19(32-6-3)11-7-12-20(22)34-24)23(29)18-10-8-14-28(18)35(30,31)21-13-9-17-33-21/h7,9,11-13,17-18H,4-6,8,10,14-16H2,1-3H3. The molecule has 1 aromatic carbocycles. The van der Waals surface area contributed by atoms with Crippen molar-refractivity contribution in [2.45, 2.75) is 43.9 Å². The van der Waals surface area contributed by atoms with Crippen molar-refractivity contribution in [3.05, 3.63) is 35.7 Å². The molecule has 0 saturated carbocycles. The van der Waals surface area contributed by atoms with Crippen LogP contribution in [-0.4, -0.2) is 73.9 Å². The fourth-order valence-corrected chi connectivity index (χ4v) is 8.15. The van der Waals surface area contributed by atoms with E-state index in [0.717, 1.165) is 23.3 Å². The normalized spacial score (nSPS) is 16.9. The molecule has 8 nitrogen and oxygen atoms in total. The van der Waals surface area contributed by atoms with Crippen LogP contribution in [0.25, 0.3) is 10.2 Å². The van der Waals surface area contributed by atoms with Gasteiger partial charge < -0.3 is 9.64 Å². The number of aromatic nitrogens is 1. The Labute approximate surface area is 215 Å². The van der Waals surface area contributed by atoms with Crippen molar-refractivity contribution in [3.8, 4) is 5.75 Å². The number of nitrogens with zero attached hydrogens (tertiary/aromatic N) is 4. The predicted molar refractivity (Wildman–Crippen MR) is 142 cm³/mol. The lowest BCUT2D eigenvalue weighted by Crippen LogP contribution is -2.49. The highest BCUT2D eigenvalue weighted by atomic mass is 32.2. The lowest BCUT2D eigenvalue weighted by atomic mass is 10.2. The van der Waals surface area contributed by atoms with Crippen molar-refractivity contribution in [1.29, 1.82) is 0 Å². The number of thiophene rings is 1. The summed E-state index contributed by atoms with van der Waals surface area (Å²) >= 11 is 2.61. The number of fused-ring (bicyclic) bond motifs is 1. The number of likely N-dealkylation sites (N-methyl/N-ethyl adjacent to an activating group) is 1. The zero-order valence-corrected chi connectivity index (χ0v) is 22.8. The number of anilines is 1. The summed E-state index contributed by atoms with van der Waals surface area (Å²) in [6.07, 6.45) is 1.15. The molecule has 0 aliphatic carbocycles. The highest BCUT2D eigenvalue weighted by Crippen LogP contribution is 2.36. The van der Waals surface area contributed by atoms with Crippen molar-refractivity contribution in [3.63, 3.8) is 0 Å². The van der Waals surface area contributed by atoms with Crippen molar-refractivity contribution < 1.29 is 17.9 Å². The molecule has 1 atom stereocenters. The van der Waals surface area contributed by atoms with Crippen LogP contribution in [0, 0.1) is 0 Å². The van der Waals surface area contributed by atoms with Gasteiger partial charge in [0.15, 0.2) is 5.13 Å². The van der Waals surface area contributed by atoms with Gasteiger partial charge >= 0.3 is 0 Å². The Morgan fingerprint density at radius 1 is 1.17 bits per heavy atom. The van der Waals surface area contributed by atoms with Crippen molar-refractivity contribution in [2.24, 2.45) is 0 Å². The van der Waals surface area contributed by atoms with Crippen LogP contribution in [0.2, 0.25) is 0 Å². The Bertz CT molecular complexity index is 1240. The van der Waals surface area contributed by atoms with Gasteiger partial charge in [-0.05, 0) is 56.4 Å². The van der Waals surface area contributed by atoms with Gasteiger partial charge in [0.25, 0.3) is 10.0 Å². The average molecular weight is 537 g/mol. The number of thiazole rings is 1. The van der Waals surface area contributed by atoms with Crippen LogP contribution >= 0.6 is 22.7 Å². The first kappa shape index (κ1) is 26.0. The van der Waals surface area contributed by atoms with Gasteiger partial charge in [0.2, 0.25) is 5.91 Å². The number of amides is 1. The maximum Gasteiger partial charge on any atom is 0.253 e. The minimum Gasteiger partial charge on any atom is -0.492 e. The third-order valence-corrected chi connectivity index (χ3v) is 10.6. The monoisotopic (exact) mass is 536 g/mol. The smallest absolute Gasteiger partial charge is 0.253 e. The Balaban J connectivity index is 1.69. The van der Waals surface area contributed by atoms with E-state index in [-0.39, 0.29) is 10.1 Å². The quantitative estimate of drug-likeness (QED) is 0.364. The van der Waals surface area contributed by atoms with Gasteiger partial charge in [-0.1, -0.05) is 37.3 Å². The van der Waals surface area contributed by atoms with Crippen LogP contribution in [0.4, 0.5) is 5.13 Å². The summed E-state index contributed by atoms with van der Waals surface area (Å²) in [6, 6.07) is 8.35. The van der Waals surface area contributed by atoms with E-state index >= 15 is 0 Å². The van der Waals surface area contributed by atoms with E-state index in [9.17, 15) is 13.2 Å². The molecule has 3 aromatic rings. The number of hydrogen-bond donors (Lipinski definition) is 0. The predicted octanol–water partition coefficient (Wildman–Crippen LogP) is 4.28. The van der Waals surface area contributed by atoms with Crippen LogP contribution in [0.1, 0.15) is 33.6 Å². The third-order valence-electron chi connectivity index (χ3n) is 6.25. The fraction of sp³-hybridized carbons (Fsp3) is 0.500. The Morgan fingerprint density at radius 2 is 1.97 bits per heavy atom. The summed E-state index contributed by atoms with van der Waals surface area (Å²) in [5.41, 5.74) is 0.726. The van der Waals surface area contributed by atoms with Crippen molar-refractivity contribution >= 4 is 54.0 Å². The van der Waals surface area contributed by atoms with Crippen LogP contribution in [0.5, 0.6) is 5.75 Å². The number of carbonyl (C=O) groups is 1. The topological polar surface area (TPSA) is 83.0 Å². The second-order valence-electron chi connectivity index (χ2n) is 8.25. The number of sulfonamides is 1. The second kappa shape index (κ2) is 11.3. The molecule has 1 aliphatic rings. The van der Waals surface area contributed by atoms with Gasteiger partial charge in [-0.15, -0.1) is 11.3 Å². The van der Waals surface area contributed by atoms with Crippen LogP contribution < -0.4 is 9.64 Å². The molecule has 1 unspecified atom stereocenters. The summed E-state index contributed by atoms with van der Waals surface area (Å²) in [7, 11) is -3.73. The molecule has 1 amide bonds. The molecule has 4 rings (SSSR count). The molecule has 1 aliphatic heterocycles. The fourth-order valence-electron chi connectivity index (χ4n) is 4.36. The van der Waals surface area contributed by atoms with Gasteiger partial charge in [0.1, 0.15) is 21.5 Å². The van der Waals surface area contributed by atoms with E-state index in [2.05, 4.69) is 18.7 Å². The van der Waals surface area contributed by atoms with Crippen LogP contribution in [0.15, 0.2) is 39.9 Å². The van der Waals surface area contributed by atoms with E-state index in [0.29, 0.717) is 50.0 Å². The molecule has 1 fully saturated rings. The zero-order chi connectivity index (χ0) is 25.0. The van der Waals surface area contributed by atoms with Gasteiger partial charge in [-0.25, -0.2) is 13.4 Å². The molecule has 1 saturated heterocycles. The van der Waals surface area contributed by atoms with Gasteiger partial charge in [0.05, 0.1) is 11.3 Å². The van der Waals surface area contributed by atoms with E-state index in [4.69, 9.17) is 9.72 Å². The highest BCUT2D eigenvalue weighted by molar-refractivity contribution is 7.91. The number of carbonyl (C=O) groups excluding carboxylic acids is 1. The first-order chi connectivity index (χ1) is 16.9. The maximum atomic E-state index is 14.0. The van der Waals surface area contributed by atoms with Crippen LogP contribution in [-0.2, 0) is 14.8 Å². The lowest BCUT2D eigenvalue weighted by molar-refractivity contribution is -0.121. The summed E-state index contributed by atoms with van der Waals surface area (Å²) in [5, 5.41) is 2.32. The average Bonchev–Trinajstić information content (AvgIpc) is 3.62. The van der Waals surface area contributed by atoms with Crippen molar-refractivity contribution in [2.75, 3.05) is 44.2 Å². The maximum absolute atomic E-state index is 14.0. The lowest BCUT2D eigenvalue weighted by Gasteiger charge is -2.29. The van der Waals surface area contributed by atoms with E-state index in [1.807, 2.05) is 25.1 Å². The minimum atomic E-state index is -3.73. The Morgan fingerprint density at radius 3 is 2.66 bits per heavy atom. The van der Waals surface area contributed by atoms with E-state index in [1.165, 1.54) is 27.0 Å². The number of ether oxygens (including phenoxy) is 1. The van der Waals surface area contributed by atoms with E-state index < -0.39 is 16.1 Å². The SMILES string of the molecule is CCOc1cccc2sc(N(CCN(CC)CC)C(=O)C3CCCN3S(=O)(=O)c3cccs3)nc12. The molecule has 190 valence electrons. The molecular formula is C24H32N4O4S3. The molecule has 0 radical (unpaired) electrons. The minimum absolute atomic E-state index is 0.216. The van der Waals surface area contributed by atoms with Gasteiger partial charge in [-0.2, -0.15) is 4.31 Å². The van der Waals surface area contributed by atoms with Crippen molar-refractivity contribution in [1.82, 2.24) is 14.2 Å². The Kier molecular flexibility index (Phi) is 8.43. The highest BCUT2D eigenvalue weighted by Gasteiger charge is 2.42. The van der Waals surface area contributed by atoms with E-state index in [1.54, 1.807) is 22.4 Å². The number of hydrogen-bond acceptors (Lipinski definition) is 8. The molecular weight excluding hydrogens is 504 g/mol. The van der Waals surface area contributed by atoms with Gasteiger partial charge in [-0.3, -0.25) is 9.69 Å².